The molecule has 32 heavy (non-hydrogen) atoms. The van der Waals surface area contributed by atoms with Crippen LogP contribution in [0.2, 0.25) is 5.02 Å². The van der Waals surface area contributed by atoms with Crippen molar-refractivity contribution in [1.29, 1.82) is 0 Å². The van der Waals surface area contributed by atoms with Crippen LogP contribution in [0.25, 0.3) is 10.2 Å². The highest BCUT2D eigenvalue weighted by molar-refractivity contribution is 7.16. The predicted octanol–water partition coefficient (Wildman–Crippen LogP) is 4.88. The van der Waals surface area contributed by atoms with Gasteiger partial charge in [0.15, 0.2) is 11.5 Å². The van der Waals surface area contributed by atoms with Gasteiger partial charge < -0.3 is 19.3 Å². The summed E-state index contributed by atoms with van der Waals surface area (Å²) in [7, 11) is 0. The normalized spacial score (nSPS) is 14.1. The third kappa shape index (κ3) is 4.76. The van der Waals surface area contributed by atoms with Crippen molar-refractivity contribution in [3.8, 4) is 11.5 Å². The summed E-state index contributed by atoms with van der Waals surface area (Å²) in [6, 6.07) is 5.47. The lowest BCUT2D eigenvalue weighted by Crippen LogP contribution is -2.49. The van der Waals surface area contributed by atoms with Crippen LogP contribution < -0.4 is 14.4 Å². The van der Waals surface area contributed by atoms with Crippen LogP contribution in [-0.4, -0.2) is 60.2 Å². The SMILES string of the molecule is CCCCOc1c(Cl)cc(C(=O)N2CCN(c3ncnc4sccc34)CC2)cc1OCC. The molecule has 1 aliphatic heterocycles. The number of unbranched alkanes of at least 4 members (excludes halogenated alkanes) is 1. The van der Waals surface area contributed by atoms with E-state index >= 15 is 0 Å². The number of benzene rings is 1. The molecule has 0 bridgehead atoms. The second-order valence-corrected chi connectivity index (χ2v) is 8.84. The first-order valence-corrected chi connectivity index (χ1v) is 12.2. The number of carbonyl (C=O) groups excluding carboxylic acids is 1. The molecule has 0 radical (unpaired) electrons. The smallest absolute Gasteiger partial charge is 0.254 e. The fourth-order valence-corrected chi connectivity index (χ4v) is 4.74. The summed E-state index contributed by atoms with van der Waals surface area (Å²) >= 11 is 8.09. The Labute approximate surface area is 196 Å². The van der Waals surface area contributed by atoms with Crippen LogP contribution >= 0.6 is 22.9 Å². The Morgan fingerprint density at radius 3 is 2.72 bits per heavy atom. The number of ether oxygens (including phenoxy) is 2. The van der Waals surface area contributed by atoms with E-state index in [0.717, 1.165) is 28.9 Å². The Hall–Kier alpha value is -2.58. The number of carbonyl (C=O) groups is 1. The highest BCUT2D eigenvalue weighted by atomic mass is 35.5. The standard InChI is InChI=1S/C23H27ClN4O3S/c1-3-5-11-31-20-18(24)13-16(14-19(20)30-4-2)23(29)28-9-7-27(8-10-28)21-17-6-12-32-22(17)26-15-25-21/h6,12-15H,3-5,7-11H2,1-2H3. The number of anilines is 1. The van der Waals surface area contributed by atoms with Gasteiger partial charge in [0.25, 0.3) is 5.91 Å². The molecule has 0 atom stereocenters. The maximum atomic E-state index is 13.2. The van der Waals surface area contributed by atoms with Crippen LogP contribution in [-0.2, 0) is 0 Å². The number of amides is 1. The minimum absolute atomic E-state index is 0.0593. The number of halogens is 1. The van der Waals surface area contributed by atoms with Gasteiger partial charge in [0, 0.05) is 31.7 Å². The van der Waals surface area contributed by atoms with Crippen LogP contribution in [0.1, 0.15) is 37.0 Å². The first-order valence-electron chi connectivity index (χ1n) is 10.9. The summed E-state index contributed by atoms with van der Waals surface area (Å²) in [5, 5.41) is 3.48. The highest BCUT2D eigenvalue weighted by Gasteiger charge is 2.26. The Balaban J connectivity index is 1.47. The molecule has 1 saturated heterocycles. The van der Waals surface area contributed by atoms with Gasteiger partial charge in [0.05, 0.1) is 23.6 Å². The third-order valence-electron chi connectivity index (χ3n) is 5.41. The van der Waals surface area contributed by atoms with E-state index in [0.29, 0.717) is 61.5 Å². The molecule has 1 fully saturated rings. The number of rotatable bonds is 8. The highest BCUT2D eigenvalue weighted by Crippen LogP contribution is 2.37. The lowest BCUT2D eigenvalue weighted by molar-refractivity contribution is 0.0746. The molecule has 4 rings (SSSR count). The molecule has 0 spiro atoms. The maximum Gasteiger partial charge on any atom is 0.254 e. The van der Waals surface area contributed by atoms with Crippen LogP contribution in [0.5, 0.6) is 11.5 Å². The summed E-state index contributed by atoms with van der Waals surface area (Å²) in [6.45, 7) is 7.64. The van der Waals surface area contributed by atoms with Gasteiger partial charge in [0.1, 0.15) is 17.0 Å². The van der Waals surface area contributed by atoms with E-state index < -0.39 is 0 Å². The van der Waals surface area contributed by atoms with Gasteiger partial charge in [-0.2, -0.15) is 0 Å². The Bertz CT molecular complexity index is 1080. The van der Waals surface area contributed by atoms with Gasteiger partial charge in [-0.25, -0.2) is 9.97 Å². The van der Waals surface area contributed by atoms with Crippen molar-refractivity contribution < 1.29 is 14.3 Å². The summed E-state index contributed by atoms with van der Waals surface area (Å²) in [5.41, 5.74) is 0.511. The number of thiophene rings is 1. The lowest BCUT2D eigenvalue weighted by Gasteiger charge is -2.35. The van der Waals surface area contributed by atoms with Gasteiger partial charge in [-0.15, -0.1) is 11.3 Å². The largest absolute Gasteiger partial charge is 0.490 e. The lowest BCUT2D eigenvalue weighted by atomic mass is 10.1. The van der Waals surface area contributed by atoms with Crippen molar-refractivity contribution in [2.24, 2.45) is 0 Å². The van der Waals surface area contributed by atoms with Crippen molar-refractivity contribution in [1.82, 2.24) is 14.9 Å². The third-order valence-corrected chi connectivity index (χ3v) is 6.51. The summed E-state index contributed by atoms with van der Waals surface area (Å²) in [5.74, 6) is 1.89. The van der Waals surface area contributed by atoms with E-state index in [2.05, 4.69) is 21.8 Å². The molecular formula is C23H27ClN4O3S. The number of fused-ring (bicyclic) bond motifs is 1. The molecule has 9 heteroatoms. The van der Waals surface area contributed by atoms with Crippen LogP contribution in [0.4, 0.5) is 5.82 Å². The second kappa shape index (κ2) is 10.4. The Morgan fingerprint density at radius 2 is 1.97 bits per heavy atom. The topological polar surface area (TPSA) is 67.8 Å². The average Bonchev–Trinajstić information content (AvgIpc) is 3.29. The van der Waals surface area contributed by atoms with Gasteiger partial charge in [-0.3, -0.25) is 4.79 Å². The quantitative estimate of drug-likeness (QED) is 0.433. The summed E-state index contributed by atoms with van der Waals surface area (Å²) in [4.78, 5) is 27.1. The fourth-order valence-electron chi connectivity index (χ4n) is 3.75. The van der Waals surface area contributed by atoms with Crippen molar-refractivity contribution in [2.45, 2.75) is 26.7 Å². The molecule has 170 valence electrons. The molecule has 0 saturated carbocycles. The summed E-state index contributed by atoms with van der Waals surface area (Å²) < 4.78 is 11.6. The molecule has 7 nitrogen and oxygen atoms in total. The molecule has 1 aliphatic rings. The number of hydrogen-bond acceptors (Lipinski definition) is 7. The second-order valence-electron chi connectivity index (χ2n) is 7.54. The molecule has 0 N–H and O–H groups in total. The monoisotopic (exact) mass is 474 g/mol. The molecule has 2 aromatic heterocycles. The molecular weight excluding hydrogens is 448 g/mol. The molecule has 3 heterocycles. The minimum Gasteiger partial charge on any atom is -0.490 e. The van der Waals surface area contributed by atoms with Crippen LogP contribution in [0.3, 0.4) is 0 Å². The first-order chi connectivity index (χ1) is 15.6. The van der Waals surface area contributed by atoms with Crippen molar-refractivity contribution in [2.75, 3.05) is 44.3 Å². The molecule has 3 aromatic rings. The predicted molar refractivity (Wildman–Crippen MR) is 129 cm³/mol. The van der Waals surface area contributed by atoms with Gasteiger partial charge in [0.2, 0.25) is 0 Å². The van der Waals surface area contributed by atoms with E-state index in [-0.39, 0.29) is 5.91 Å². The number of piperazine rings is 1. The van der Waals surface area contributed by atoms with Crippen molar-refractivity contribution >= 4 is 44.9 Å². The number of hydrogen-bond donors (Lipinski definition) is 0. The van der Waals surface area contributed by atoms with Gasteiger partial charge in [-0.05, 0) is 36.9 Å². The minimum atomic E-state index is -0.0593. The zero-order chi connectivity index (χ0) is 22.5. The first kappa shape index (κ1) is 22.6. The van der Waals surface area contributed by atoms with E-state index in [1.807, 2.05) is 23.3 Å². The molecule has 1 amide bonds. The van der Waals surface area contributed by atoms with Gasteiger partial charge >= 0.3 is 0 Å². The van der Waals surface area contributed by atoms with Crippen molar-refractivity contribution in [3.63, 3.8) is 0 Å². The number of nitrogens with zero attached hydrogens (tertiary/aromatic N) is 4. The molecule has 1 aromatic carbocycles. The zero-order valence-corrected chi connectivity index (χ0v) is 19.9. The van der Waals surface area contributed by atoms with E-state index in [9.17, 15) is 4.79 Å². The number of aromatic nitrogens is 2. The van der Waals surface area contributed by atoms with E-state index in [4.69, 9.17) is 21.1 Å². The Morgan fingerprint density at radius 1 is 1.16 bits per heavy atom. The van der Waals surface area contributed by atoms with Crippen LogP contribution in [0, 0.1) is 0 Å². The van der Waals surface area contributed by atoms with E-state index in [1.54, 1.807) is 29.8 Å². The fraction of sp³-hybridized carbons (Fsp3) is 0.435. The molecule has 0 unspecified atom stereocenters. The molecule has 0 aliphatic carbocycles. The maximum absolute atomic E-state index is 13.2. The average molecular weight is 475 g/mol. The summed E-state index contributed by atoms with van der Waals surface area (Å²) in [6.07, 6.45) is 3.56. The van der Waals surface area contributed by atoms with Crippen LogP contribution in [0.15, 0.2) is 29.9 Å². The van der Waals surface area contributed by atoms with E-state index in [1.165, 1.54) is 0 Å². The zero-order valence-electron chi connectivity index (χ0n) is 18.3. The van der Waals surface area contributed by atoms with Gasteiger partial charge in [-0.1, -0.05) is 24.9 Å². The van der Waals surface area contributed by atoms with Crippen molar-refractivity contribution in [3.05, 3.63) is 40.5 Å². The Kier molecular flexibility index (Phi) is 7.32.